The van der Waals surface area contributed by atoms with Crippen molar-refractivity contribution in [1.82, 2.24) is 0 Å². The van der Waals surface area contributed by atoms with Gasteiger partial charge in [0.05, 0.1) is 0 Å². The average Bonchev–Trinajstić information content (AvgIpc) is 2.55. The van der Waals surface area contributed by atoms with Crippen LogP contribution in [0.15, 0.2) is 24.3 Å². The summed E-state index contributed by atoms with van der Waals surface area (Å²) in [4.78, 5) is 11.5. The number of aryl methyl sites for hydroxylation is 1. The third-order valence-corrected chi connectivity index (χ3v) is 4.20. The van der Waals surface area contributed by atoms with Crippen molar-refractivity contribution in [2.24, 2.45) is 0 Å². The standard InChI is InChI=1S/C21H33O2/c1-4-6-8-9-10-11-12-19-14-16-20(17-15-19)23-21(18(3)22)13-7-5-2/h14-17,21H,3-13H2,1-2H3. The van der Waals surface area contributed by atoms with Crippen molar-refractivity contribution in [2.75, 3.05) is 0 Å². The van der Waals surface area contributed by atoms with Crippen molar-refractivity contribution >= 4 is 5.78 Å². The maximum Gasteiger partial charge on any atom is 0.173 e. The van der Waals surface area contributed by atoms with Gasteiger partial charge < -0.3 is 4.74 Å². The van der Waals surface area contributed by atoms with Crippen molar-refractivity contribution in [1.29, 1.82) is 0 Å². The van der Waals surface area contributed by atoms with Gasteiger partial charge in [-0.3, -0.25) is 4.79 Å². The van der Waals surface area contributed by atoms with Gasteiger partial charge >= 0.3 is 0 Å². The van der Waals surface area contributed by atoms with Crippen molar-refractivity contribution in [3.63, 3.8) is 0 Å². The first-order valence-electron chi connectivity index (χ1n) is 9.28. The van der Waals surface area contributed by atoms with E-state index in [2.05, 4.69) is 32.9 Å². The third-order valence-electron chi connectivity index (χ3n) is 4.20. The summed E-state index contributed by atoms with van der Waals surface area (Å²) in [6, 6.07) is 8.19. The van der Waals surface area contributed by atoms with E-state index in [4.69, 9.17) is 4.74 Å². The van der Waals surface area contributed by atoms with Gasteiger partial charge in [0.1, 0.15) is 5.75 Å². The predicted molar refractivity (Wildman–Crippen MR) is 97.8 cm³/mol. The Balaban J connectivity index is 2.35. The smallest absolute Gasteiger partial charge is 0.173 e. The first-order chi connectivity index (χ1) is 11.2. The van der Waals surface area contributed by atoms with Crippen LogP contribution in [0.1, 0.15) is 77.2 Å². The molecule has 0 aliphatic rings. The summed E-state index contributed by atoms with van der Waals surface area (Å²) in [7, 11) is 0. The Labute approximate surface area is 142 Å². The molecule has 0 aromatic heterocycles. The minimum Gasteiger partial charge on any atom is -0.483 e. The fourth-order valence-corrected chi connectivity index (χ4v) is 2.68. The lowest BCUT2D eigenvalue weighted by Crippen LogP contribution is -2.25. The number of benzene rings is 1. The van der Waals surface area contributed by atoms with Gasteiger partial charge in [0, 0.05) is 6.92 Å². The number of ether oxygens (including phenoxy) is 1. The van der Waals surface area contributed by atoms with E-state index in [1.165, 1.54) is 44.1 Å². The average molecular weight is 317 g/mol. The molecule has 0 amide bonds. The number of unbranched alkanes of at least 4 members (excludes halogenated alkanes) is 6. The van der Waals surface area contributed by atoms with E-state index >= 15 is 0 Å². The lowest BCUT2D eigenvalue weighted by atomic mass is 10.0. The number of ketones is 1. The van der Waals surface area contributed by atoms with Gasteiger partial charge in [-0.15, -0.1) is 0 Å². The SMILES string of the molecule is [CH2]C(=O)C(CCCC)Oc1ccc(CCCCCCCC)cc1. The van der Waals surface area contributed by atoms with Crippen LogP contribution in [-0.4, -0.2) is 11.9 Å². The number of carbonyl (C=O) groups is 1. The van der Waals surface area contributed by atoms with E-state index in [0.29, 0.717) is 0 Å². The molecule has 23 heavy (non-hydrogen) atoms. The molecule has 1 radical (unpaired) electrons. The molecule has 0 spiro atoms. The molecular formula is C21H33O2. The fraction of sp³-hybridized carbons (Fsp3) is 0.619. The van der Waals surface area contributed by atoms with Gasteiger partial charge in [-0.05, 0) is 43.4 Å². The largest absolute Gasteiger partial charge is 0.483 e. The fourth-order valence-electron chi connectivity index (χ4n) is 2.68. The number of carbonyl (C=O) groups excluding carboxylic acids is 1. The Morgan fingerprint density at radius 1 is 0.957 bits per heavy atom. The number of Topliss-reactive ketones (excluding diaryl/α,β-unsaturated/α-hetero) is 1. The molecular weight excluding hydrogens is 284 g/mol. The second-order valence-corrected chi connectivity index (χ2v) is 6.38. The number of hydrogen-bond acceptors (Lipinski definition) is 2. The summed E-state index contributed by atoms with van der Waals surface area (Å²) in [5, 5.41) is 0. The third kappa shape index (κ3) is 8.78. The molecule has 0 heterocycles. The normalized spacial score (nSPS) is 12.1. The second kappa shape index (κ2) is 12.2. The molecule has 0 fully saturated rings. The van der Waals surface area contributed by atoms with Gasteiger partial charge in [0.25, 0.3) is 0 Å². The summed E-state index contributed by atoms with van der Waals surface area (Å²) >= 11 is 0. The topological polar surface area (TPSA) is 26.3 Å². The van der Waals surface area contributed by atoms with Crippen LogP contribution >= 0.6 is 0 Å². The summed E-state index contributed by atoms with van der Waals surface area (Å²) in [5.74, 6) is 0.643. The minimum atomic E-state index is -0.403. The molecule has 0 aliphatic carbocycles. The van der Waals surface area contributed by atoms with Crippen LogP contribution in [0.2, 0.25) is 0 Å². The zero-order chi connectivity index (χ0) is 16.9. The monoisotopic (exact) mass is 317 g/mol. The maximum atomic E-state index is 11.5. The summed E-state index contributed by atoms with van der Waals surface area (Å²) in [6.07, 6.45) is 11.5. The van der Waals surface area contributed by atoms with Crippen LogP contribution in [0.25, 0.3) is 0 Å². The van der Waals surface area contributed by atoms with E-state index < -0.39 is 6.10 Å². The summed E-state index contributed by atoms with van der Waals surface area (Å²) in [5.41, 5.74) is 1.35. The highest BCUT2D eigenvalue weighted by molar-refractivity contribution is 5.87. The zero-order valence-corrected chi connectivity index (χ0v) is 15.0. The summed E-state index contributed by atoms with van der Waals surface area (Å²) in [6.45, 7) is 7.87. The molecule has 0 saturated heterocycles. The molecule has 1 aromatic rings. The number of rotatable bonds is 13. The van der Waals surface area contributed by atoms with E-state index in [1.807, 2.05) is 12.1 Å². The lowest BCUT2D eigenvalue weighted by Gasteiger charge is -2.16. The molecule has 2 heteroatoms. The van der Waals surface area contributed by atoms with Crippen molar-refractivity contribution in [3.05, 3.63) is 36.8 Å². The van der Waals surface area contributed by atoms with Crippen LogP contribution in [-0.2, 0) is 11.2 Å². The molecule has 0 aliphatic heterocycles. The van der Waals surface area contributed by atoms with E-state index in [1.54, 1.807) is 0 Å². The molecule has 0 N–H and O–H groups in total. The highest BCUT2D eigenvalue weighted by atomic mass is 16.5. The molecule has 2 nitrogen and oxygen atoms in total. The molecule has 1 unspecified atom stereocenters. The van der Waals surface area contributed by atoms with Crippen molar-refractivity contribution < 1.29 is 9.53 Å². The molecule has 1 rings (SSSR count). The van der Waals surface area contributed by atoms with Crippen LogP contribution in [0.4, 0.5) is 0 Å². The molecule has 0 bridgehead atoms. The maximum absolute atomic E-state index is 11.5. The minimum absolute atomic E-state index is 0.130. The van der Waals surface area contributed by atoms with Crippen LogP contribution in [0.3, 0.4) is 0 Å². The van der Waals surface area contributed by atoms with Crippen LogP contribution < -0.4 is 4.74 Å². The molecule has 1 atom stereocenters. The molecule has 129 valence electrons. The van der Waals surface area contributed by atoms with Crippen molar-refractivity contribution in [3.8, 4) is 5.75 Å². The Morgan fingerprint density at radius 3 is 2.17 bits per heavy atom. The molecule has 1 aromatic carbocycles. The van der Waals surface area contributed by atoms with Crippen molar-refractivity contribution in [2.45, 2.75) is 84.2 Å². The second-order valence-electron chi connectivity index (χ2n) is 6.38. The van der Waals surface area contributed by atoms with E-state index in [0.717, 1.165) is 31.4 Å². The molecule has 0 saturated carbocycles. The Hall–Kier alpha value is -1.31. The van der Waals surface area contributed by atoms with Gasteiger partial charge in [-0.25, -0.2) is 0 Å². The first kappa shape index (κ1) is 19.7. The van der Waals surface area contributed by atoms with Crippen LogP contribution in [0.5, 0.6) is 5.75 Å². The van der Waals surface area contributed by atoms with E-state index in [9.17, 15) is 4.79 Å². The van der Waals surface area contributed by atoms with E-state index in [-0.39, 0.29) is 5.78 Å². The first-order valence-corrected chi connectivity index (χ1v) is 9.28. The van der Waals surface area contributed by atoms with Gasteiger partial charge in [0.15, 0.2) is 11.9 Å². The quantitative estimate of drug-likeness (QED) is 0.421. The number of hydrogen-bond donors (Lipinski definition) is 0. The predicted octanol–water partition coefficient (Wildman–Crippen LogP) is 5.93. The van der Waals surface area contributed by atoms with Gasteiger partial charge in [-0.2, -0.15) is 0 Å². The van der Waals surface area contributed by atoms with Crippen LogP contribution in [0, 0.1) is 6.92 Å². The Kier molecular flexibility index (Phi) is 10.4. The lowest BCUT2D eigenvalue weighted by molar-refractivity contribution is -0.121. The zero-order valence-electron chi connectivity index (χ0n) is 15.0. The van der Waals surface area contributed by atoms with Gasteiger partial charge in [0.2, 0.25) is 0 Å². The highest BCUT2D eigenvalue weighted by Crippen LogP contribution is 2.18. The summed E-state index contributed by atoms with van der Waals surface area (Å²) < 4.78 is 5.79. The Morgan fingerprint density at radius 2 is 1.57 bits per heavy atom. The Bertz CT molecular complexity index is 422. The highest BCUT2D eigenvalue weighted by Gasteiger charge is 2.15. The van der Waals surface area contributed by atoms with Gasteiger partial charge in [-0.1, -0.05) is 64.5 Å².